The molecule has 1 fully saturated rings. The van der Waals surface area contributed by atoms with Crippen LogP contribution in [0.4, 0.5) is 0 Å². The SMILES string of the molecule is Cc1noc(C)c1-c1cc(CC2CCCN(Cc3ccn[nH]3)CC2)ncn1. The molecule has 27 heavy (non-hydrogen) atoms. The minimum Gasteiger partial charge on any atom is -0.361 e. The van der Waals surface area contributed by atoms with Gasteiger partial charge in [-0.1, -0.05) is 5.16 Å². The van der Waals surface area contributed by atoms with Crippen molar-refractivity contribution in [3.8, 4) is 11.3 Å². The van der Waals surface area contributed by atoms with Crippen molar-refractivity contribution < 1.29 is 4.52 Å². The van der Waals surface area contributed by atoms with Crippen LogP contribution in [0.15, 0.2) is 29.2 Å². The summed E-state index contributed by atoms with van der Waals surface area (Å²) in [5.41, 5.74) is 5.07. The van der Waals surface area contributed by atoms with Crippen LogP contribution in [0.25, 0.3) is 11.3 Å². The number of aromatic amines is 1. The molecule has 1 aliphatic heterocycles. The van der Waals surface area contributed by atoms with Crippen molar-refractivity contribution in [1.82, 2.24) is 30.2 Å². The van der Waals surface area contributed by atoms with Gasteiger partial charge in [0.1, 0.15) is 12.1 Å². The highest BCUT2D eigenvalue weighted by molar-refractivity contribution is 5.63. The van der Waals surface area contributed by atoms with E-state index in [9.17, 15) is 0 Å². The number of aryl methyl sites for hydroxylation is 2. The van der Waals surface area contributed by atoms with Gasteiger partial charge in [-0.3, -0.25) is 10.00 Å². The largest absolute Gasteiger partial charge is 0.361 e. The Hall–Kier alpha value is -2.54. The van der Waals surface area contributed by atoms with Crippen molar-refractivity contribution in [3.63, 3.8) is 0 Å². The molecule has 0 radical (unpaired) electrons. The molecule has 1 aliphatic rings. The maximum Gasteiger partial charge on any atom is 0.143 e. The lowest BCUT2D eigenvalue weighted by Crippen LogP contribution is -2.24. The first-order valence-corrected chi connectivity index (χ1v) is 9.64. The predicted octanol–water partition coefficient (Wildman–Crippen LogP) is 3.32. The Morgan fingerprint density at radius 2 is 2.15 bits per heavy atom. The van der Waals surface area contributed by atoms with Crippen molar-refractivity contribution >= 4 is 0 Å². The summed E-state index contributed by atoms with van der Waals surface area (Å²) in [7, 11) is 0. The fourth-order valence-electron chi connectivity index (χ4n) is 3.99. The molecule has 1 atom stereocenters. The fraction of sp³-hybridized carbons (Fsp3) is 0.500. The maximum absolute atomic E-state index is 5.29. The Kier molecular flexibility index (Phi) is 5.29. The summed E-state index contributed by atoms with van der Waals surface area (Å²) >= 11 is 0. The molecule has 3 aromatic rings. The molecule has 1 saturated heterocycles. The summed E-state index contributed by atoms with van der Waals surface area (Å²) in [5.74, 6) is 1.46. The van der Waals surface area contributed by atoms with Crippen LogP contribution in [0, 0.1) is 19.8 Å². The third-order valence-corrected chi connectivity index (χ3v) is 5.40. The molecule has 1 unspecified atom stereocenters. The second-order valence-electron chi connectivity index (χ2n) is 7.45. The Morgan fingerprint density at radius 1 is 1.22 bits per heavy atom. The molecule has 0 aromatic carbocycles. The van der Waals surface area contributed by atoms with Crippen molar-refractivity contribution in [2.24, 2.45) is 5.92 Å². The number of nitrogens with one attached hydrogen (secondary N) is 1. The van der Waals surface area contributed by atoms with Gasteiger partial charge in [-0.15, -0.1) is 0 Å². The minimum absolute atomic E-state index is 0.657. The second kappa shape index (κ2) is 8.00. The van der Waals surface area contributed by atoms with Crippen LogP contribution in [0.2, 0.25) is 0 Å². The molecular formula is C20H26N6O. The fourth-order valence-corrected chi connectivity index (χ4v) is 3.99. The summed E-state index contributed by atoms with van der Waals surface area (Å²) in [6.07, 6.45) is 8.14. The Labute approximate surface area is 159 Å². The number of aromatic nitrogens is 5. The molecule has 142 valence electrons. The van der Waals surface area contributed by atoms with Gasteiger partial charge in [0.05, 0.1) is 17.0 Å². The Bertz CT molecular complexity index is 853. The van der Waals surface area contributed by atoms with Gasteiger partial charge in [-0.2, -0.15) is 5.10 Å². The highest BCUT2D eigenvalue weighted by atomic mass is 16.5. The minimum atomic E-state index is 0.657. The summed E-state index contributed by atoms with van der Waals surface area (Å²) in [6.45, 7) is 7.09. The maximum atomic E-state index is 5.29. The molecule has 0 saturated carbocycles. The van der Waals surface area contributed by atoms with Crippen LogP contribution in [0.1, 0.15) is 42.1 Å². The van der Waals surface area contributed by atoms with Crippen molar-refractivity contribution in [2.75, 3.05) is 13.1 Å². The predicted molar refractivity (Wildman–Crippen MR) is 102 cm³/mol. The van der Waals surface area contributed by atoms with Gasteiger partial charge < -0.3 is 4.52 Å². The summed E-state index contributed by atoms with van der Waals surface area (Å²) in [5, 5.41) is 11.2. The average Bonchev–Trinajstić information content (AvgIpc) is 3.22. The number of nitrogens with zero attached hydrogens (tertiary/aromatic N) is 5. The molecule has 4 rings (SSSR count). The van der Waals surface area contributed by atoms with E-state index in [1.165, 1.54) is 25.0 Å². The normalized spacial score (nSPS) is 18.5. The van der Waals surface area contributed by atoms with Gasteiger partial charge in [-0.25, -0.2) is 9.97 Å². The van der Waals surface area contributed by atoms with Gasteiger partial charge in [-0.05, 0) is 70.7 Å². The van der Waals surface area contributed by atoms with E-state index in [4.69, 9.17) is 4.52 Å². The van der Waals surface area contributed by atoms with E-state index in [1.54, 1.807) is 6.33 Å². The quantitative estimate of drug-likeness (QED) is 0.746. The smallest absolute Gasteiger partial charge is 0.143 e. The van der Waals surface area contributed by atoms with E-state index >= 15 is 0 Å². The van der Waals surface area contributed by atoms with Crippen LogP contribution in [0.3, 0.4) is 0 Å². The lowest BCUT2D eigenvalue weighted by molar-refractivity contribution is 0.269. The zero-order chi connectivity index (χ0) is 18.6. The lowest BCUT2D eigenvalue weighted by atomic mass is 9.94. The van der Waals surface area contributed by atoms with Gasteiger partial charge in [0, 0.05) is 24.1 Å². The van der Waals surface area contributed by atoms with E-state index in [-0.39, 0.29) is 0 Å². The Balaban J connectivity index is 1.40. The van der Waals surface area contributed by atoms with Gasteiger partial charge in [0.15, 0.2) is 0 Å². The van der Waals surface area contributed by atoms with Crippen molar-refractivity contribution in [2.45, 2.75) is 46.1 Å². The molecule has 7 heteroatoms. The number of hydrogen-bond acceptors (Lipinski definition) is 6. The van der Waals surface area contributed by atoms with Crippen LogP contribution in [-0.4, -0.2) is 43.3 Å². The first kappa shape index (κ1) is 17.9. The highest BCUT2D eigenvalue weighted by Crippen LogP contribution is 2.27. The molecule has 7 nitrogen and oxygen atoms in total. The number of likely N-dealkylation sites (tertiary alicyclic amines) is 1. The summed E-state index contributed by atoms with van der Waals surface area (Å²) < 4.78 is 5.29. The van der Waals surface area contributed by atoms with E-state index in [2.05, 4.69) is 42.4 Å². The van der Waals surface area contributed by atoms with Crippen molar-refractivity contribution in [1.29, 1.82) is 0 Å². The third-order valence-electron chi connectivity index (χ3n) is 5.40. The second-order valence-corrected chi connectivity index (χ2v) is 7.45. The number of H-pyrrole nitrogens is 1. The highest BCUT2D eigenvalue weighted by Gasteiger charge is 2.19. The number of rotatable bonds is 5. The Morgan fingerprint density at radius 3 is 2.93 bits per heavy atom. The first-order chi connectivity index (χ1) is 13.2. The molecule has 0 aliphatic carbocycles. The standard InChI is InChI=1S/C20H26N6O/c1-14-20(15(2)27-25-14)19-11-18(21-13-22-19)10-16-4-3-8-26(9-6-16)12-17-5-7-23-24-17/h5,7,11,13,16H,3-4,6,8-10,12H2,1-2H3,(H,23,24). The molecule has 0 amide bonds. The topological polar surface area (TPSA) is 83.7 Å². The van der Waals surface area contributed by atoms with Crippen molar-refractivity contribution in [3.05, 3.63) is 47.5 Å². The zero-order valence-corrected chi connectivity index (χ0v) is 16.0. The first-order valence-electron chi connectivity index (χ1n) is 9.64. The van der Waals surface area contributed by atoms with Gasteiger partial charge >= 0.3 is 0 Å². The molecule has 0 bridgehead atoms. The van der Waals surface area contributed by atoms with Crippen LogP contribution >= 0.6 is 0 Å². The molecule has 4 heterocycles. The zero-order valence-electron chi connectivity index (χ0n) is 16.0. The van der Waals surface area contributed by atoms with Crippen LogP contribution < -0.4 is 0 Å². The van der Waals surface area contributed by atoms with Gasteiger partial charge in [0.2, 0.25) is 0 Å². The van der Waals surface area contributed by atoms with E-state index < -0.39 is 0 Å². The summed E-state index contributed by atoms with van der Waals surface area (Å²) in [4.78, 5) is 11.5. The van der Waals surface area contributed by atoms with E-state index in [1.807, 2.05) is 20.0 Å². The number of hydrogen-bond donors (Lipinski definition) is 1. The van der Waals surface area contributed by atoms with Crippen LogP contribution in [-0.2, 0) is 13.0 Å². The van der Waals surface area contributed by atoms with Crippen LogP contribution in [0.5, 0.6) is 0 Å². The van der Waals surface area contributed by atoms with Gasteiger partial charge in [0.25, 0.3) is 0 Å². The molecule has 3 aromatic heterocycles. The monoisotopic (exact) mass is 366 g/mol. The molecule has 0 spiro atoms. The lowest BCUT2D eigenvalue weighted by Gasteiger charge is -2.19. The van der Waals surface area contributed by atoms with E-state index in [0.717, 1.165) is 54.5 Å². The average molecular weight is 366 g/mol. The molecular weight excluding hydrogens is 340 g/mol. The summed E-state index contributed by atoms with van der Waals surface area (Å²) in [6, 6.07) is 4.15. The third kappa shape index (κ3) is 4.24. The van der Waals surface area contributed by atoms with E-state index in [0.29, 0.717) is 5.92 Å². The molecule has 1 N–H and O–H groups in total.